The predicted molar refractivity (Wildman–Crippen MR) is 125 cm³/mol. The van der Waals surface area contributed by atoms with Gasteiger partial charge in [-0.15, -0.1) is 0 Å². The molecule has 1 atom stereocenters. The number of aromatic nitrogens is 2. The first-order valence-corrected chi connectivity index (χ1v) is 11.5. The second-order valence-corrected chi connectivity index (χ2v) is 9.42. The number of aliphatic carboxylic acids is 2. The van der Waals surface area contributed by atoms with E-state index in [1.54, 1.807) is 0 Å². The molecule has 3 aromatic rings. The highest BCUT2D eigenvalue weighted by Crippen LogP contribution is 2.24. The molecule has 0 bridgehead atoms. The molecule has 0 spiro atoms. The zero-order chi connectivity index (χ0) is 25.9. The number of nitrogens with zero attached hydrogens (tertiary/aromatic N) is 2. The predicted octanol–water partition coefficient (Wildman–Crippen LogP) is 0.378. The third-order valence-electron chi connectivity index (χ3n) is 5.10. The van der Waals surface area contributed by atoms with Gasteiger partial charge in [0.2, 0.25) is 5.95 Å². The van der Waals surface area contributed by atoms with Gasteiger partial charge in [-0.3, -0.25) is 23.7 Å². The first kappa shape index (κ1) is 25.2. The Morgan fingerprint density at radius 3 is 2.40 bits per heavy atom. The number of nitrogens with two attached hydrogens (primary N) is 1. The van der Waals surface area contributed by atoms with Crippen LogP contribution in [0.3, 0.4) is 0 Å². The maximum Gasteiger partial charge on any atom is 0.326 e. The molecule has 0 aliphatic rings. The summed E-state index contributed by atoms with van der Waals surface area (Å²) >= 11 is 0. The van der Waals surface area contributed by atoms with Gasteiger partial charge in [0.05, 0.1) is 21.5 Å². The van der Waals surface area contributed by atoms with E-state index < -0.39 is 45.9 Å². The molecule has 13 nitrogen and oxygen atoms in total. The molecule has 3 rings (SSSR count). The van der Waals surface area contributed by atoms with Crippen LogP contribution in [0.5, 0.6) is 0 Å². The lowest BCUT2D eigenvalue weighted by Gasteiger charge is -2.20. The number of anilines is 2. The molecule has 0 saturated heterocycles. The Kier molecular flexibility index (Phi) is 7.05. The molecular weight excluding hydrogens is 482 g/mol. The average Bonchev–Trinajstić information content (AvgIpc) is 2.80. The van der Waals surface area contributed by atoms with E-state index in [0.29, 0.717) is 0 Å². The van der Waals surface area contributed by atoms with Crippen LogP contribution in [0.25, 0.3) is 10.9 Å². The van der Waals surface area contributed by atoms with E-state index in [9.17, 15) is 32.7 Å². The number of rotatable bonds is 9. The van der Waals surface area contributed by atoms with Crippen molar-refractivity contribution in [3.8, 4) is 0 Å². The van der Waals surface area contributed by atoms with Gasteiger partial charge in [-0.05, 0) is 48.9 Å². The molecule has 0 aliphatic carbocycles. The van der Waals surface area contributed by atoms with Gasteiger partial charge >= 0.3 is 11.9 Å². The van der Waals surface area contributed by atoms with Gasteiger partial charge in [0.25, 0.3) is 21.5 Å². The van der Waals surface area contributed by atoms with Gasteiger partial charge in [-0.2, -0.15) is 0 Å². The van der Waals surface area contributed by atoms with Crippen molar-refractivity contribution < 1.29 is 33.0 Å². The zero-order valence-corrected chi connectivity index (χ0v) is 19.1. The van der Waals surface area contributed by atoms with E-state index in [1.807, 2.05) is 0 Å². The highest BCUT2D eigenvalue weighted by molar-refractivity contribution is 7.92. The molecule has 0 saturated carbocycles. The van der Waals surface area contributed by atoms with Crippen LogP contribution in [0.2, 0.25) is 0 Å². The number of H-pyrrole nitrogens is 1. The second kappa shape index (κ2) is 9.80. The van der Waals surface area contributed by atoms with Crippen molar-refractivity contribution in [2.75, 3.05) is 17.1 Å². The number of sulfonamides is 1. The number of nitrogen functional groups attached to an aromatic ring is 1. The molecule has 0 radical (unpaired) electrons. The monoisotopic (exact) mass is 503 g/mol. The minimum Gasteiger partial charge on any atom is -0.481 e. The van der Waals surface area contributed by atoms with E-state index in [1.165, 1.54) is 49.5 Å². The number of aromatic amines is 1. The minimum atomic E-state index is -4.10. The van der Waals surface area contributed by atoms with E-state index in [2.05, 4.69) is 15.3 Å². The summed E-state index contributed by atoms with van der Waals surface area (Å²) in [7, 11) is -2.82. The number of nitrogens with one attached hydrogen (secondary N) is 2. The normalized spacial score (nSPS) is 12.1. The number of benzene rings is 2. The van der Waals surface area contributed by atoms with Crippen LogP contribution < -0.4 is 20.9 Å². The molecular formula is C21H21N5O8S. The fourth-order valence-electron chi connectivity index (χ4n) is 3.18. The lowest BCUT2D eigenvalue weighted by Crippen LogP contribution is -2.41. The number of hydrogen-bond acceptors (Lipinski definition) is 8. The van der Waals surface area contributed by atoms with Crippen LogP contribution in [0.1, 0.15) is 23.2 Å². The molecule has 1 heterocycles. The van der Waals surface area contributed by atoms with Gasteiger partial charge in [0, 0.05) is 19.0 Å². The molecule has 14 heteroatoms. The molecule has 1 aromatic heterocycles. The zero-order valence-electron chi connectivity index (χ0n) is 18.3. The molecule has 0 fully saturated rings. The summed E-state index contributed by atoms with van der Waals surface area (Å²) in [5.41, 5.74) is 5.37. The summed E-state index contributed by atoms with van der Waals surface area (Å²) in [5.74, 6) is -3.44. The highest BCUT2D eigenvalue weighted by atomic mass is 32.2. The molecule has 184 valence electrons. The summed E-state index contributed by atoms with van der Waals surface area (Å²) in [6, 6.07) is 7.70. The van der Waals surface area contributed by atoms with Crippen molar-refractivity contribution >= 4 is 50.4 Å². The van der Waals surface area contributed by atoms with Gasteiger partial charge < -0.3 is 21.3 Å². The molecule has 35 heavy (non-hydrogen) atoms. The van der Waals surface area contributed by atoms with Crippen LogP contribution in [0, 0.1) is 0 Å². The van der Waals surface area contributed by atoms with Gasteiger partial charge in [-0.25, -0.2) is 18.2 Å². The number of hydrogen-bond donors (Lipinski definition) is 5. The SMILES string of the molecule is CN(c1ccc(C(=O)N[C@@H](CCC(=O)O)C(=O)O)cc1)S(=O)(=O)c1ccc2nc(N)[nH]c(=O)c2c1. The lowest BCUT2D eigenvalue weighted by atomic mass is 10.1. The summed E-state index contributed by atoms with van der Waals surface area (Å²) in [4.78, 5) is 52.5. The smallest absolute Gasteiger partial charge is 0.326 e. The Balaban J connectivity index is 1.81. The second-order valence-electron chi connectivity index (χ2n) is 7.45. The first-order valence-electron chi connectivity index (χ1n) is 10.0. The summed E-state index contributed by atoms with van der Waals surface area (Å²) in [6.45, 7) is 0. The quantitative estimate of drug-likeness (QED) is 0.271. The maximum absolute atomic E-state index is 13.1. The average molecular weight is 503 g/mol. The van der Waals surface area contributed by atoms with Crippen molar-refractivity contribution in [3.05, 3.63) is 58.4 Å². The van der Waals surface area contributed by atoms with Crippen molar-refractivity contribution in [1.82, 2.24) is 15.3 Å². The van der Waals surface area contributed by atoms with E-state index in [0.717, 1.165) is 4.31 Å². The van der Waals surface area contributed by atoms with Crippen LogP contribution in [-0.2, 0) is 19.6 Å². The fourth-order valence-corrected chi connectivity index (χ4v) is 4.41. The Hall–Kier alpha value is -4.46. The molecule has 0 unspecified atom stereocenters. The summed E-state index contributed by atoms with van der Waals surface area (Å²) in [5, 5.41) is 20.2. The van der Waals surface area contributed by atoms with Crippen molar-refractivity contribution in [1.29, 1.82) is 0 Å². The number of carbonyl (C=O) groups is 3. The fraction of sp³-hybridized carbons (Fsp3) is 0.190. The molecule has 2 aromatic carbocycles. The van der Waals surface area contributed by atoms with Crippen LogP contribution in [-0.4, -0.2) is 59.5 Å². The Labute approximate surface area is 198 Å². The molecule has 6 N–H and O–H groups in total. The standard InChI is InChI=1S/C21H21N5O8S/c1-26(35(33,34)13-6-7-15-14(10-13)19(30)25-21(22)24-15)12-4-2-11(3-5-12)18(29)23-16(20(31)32)8-9-17(27)28/h2-7,10,16H,8-9H2,1H3,(H,23,29)(H,27,28)(H,31,32)(H3,22,24,25,30)/t16-/m0/s1. The van der Waals surface area contributed by atoms with Crippen molar-refractivity contribution in [3.63, 3.8) is 0 Å². The van der Waals surface area contributed by atoms with E-state index in [4.69, 9.17) is 10.8 Å². The van der Waals surface area contributed by atoms with Gasteiger partial charge in [0.15, 0.2) is 0 Å². The first-order chi connectivity index (χ1) is 16.4. The van der Waals surface area contributed by atoms with Crippen molar-refractivity contribution in [2.24, 2.45) is 0 Å². The summed E-state index contributed by atoms with van der Waals surface area (Å²) in [6.07, 6.45) is -0.741. The van der Waals surface area contributed by atoms with Gasteiger partial charge in [-0.1, -0.05) is 0 Å². The maximum atomic E-state index is 13.1. The highest BCUT2D eigenvalue weighted by Gasteiger charge is 2.24. The van der Waals surface area contributed by atoms with Gasteiger partial charge in [0.1, 0.15) is 6.04 Å². The van der Waals surface area contributed by atoms with Crippen LogP contribution in [0.15, 0.2) is 52.2 Å². The molecule has 1 amide bonds. The third kappa shape index (κ3) is 5.55. The largest absolute Gasteiger partial charge is 0.481 e. The third-order valence-corrected chi connectivity index (χ3v) is 6.88. The molecule has 0 aliphatic heterocycles. The number of fused-ring (bicyclic) bond motifs is 1. The van der Waals surface area contributed by atoms with E-state index >= 15 is 0 Å². The number of carboxylic acid groups (broad SMARTS) is 2. The summed E-state index contributed by atoms with van der Waals surface area (Å²) < 4.78 is 27.1. The number of amides is 1. The topological polar surface area (TPSA) is 213 Å². The Bertz CT molecular complexity index is 1470. The minimum absolute atomic E-state index is 0.0385. The Morgan fingerprint density at radius 2 is 1.80 bits per heavy atom. The van der Waals surface area contributed by atoms with Crippen LogP contribution >= 0.6 is 0 Å². The van der Waals surface area contributed by atoms with Crippen molar-refractivity contribution in [2.45, 2.75) is 23.8 Å². The number of carboxylic acids is 2. The van der Waals surface area contributed by atoms with E-state index in [-0.39, 0.29) is 39.4 Å². The lowest BCUT2D eigenvalue weighted by molar-refractivity contribution is -0.140. The number of carbonyl (C=O) groups excluding carboxylic acids is 1. The van der Waals surface area contributed by atoms with Crippen LogP contribution in [0.4, 0.5) is 11.6 Å². The Morgan fingerprint density at radius 1 is 1.14 bits per heavy atom.